The van der Waals surface area contributed by atoms with Gasteiger partial charge in [0, 0.05) is 24.4 Å². The summed E-state index contributed by atoms with van der Waals surface area (Å²) in [6.07, 6.45) is 3.29. The first-order valence-corrected chi connectivity index (χ1v) is 7.00. The van der Waals surface area contributed by atoms with Crippen molar-refractivity contribution in [1.29, 1.82) is 0 Å². The van der Waals surface area contributed by atoms with E-state index in [1.165, 1.54) is 4.88 Å². The molecule has 0 saturated carbocycles. The zero-order valence-electron chi connectivity index (χ0n) is 10.3. The van der Waals surface area contributed by atoms with E-state index in [1.807, 2.05) is 18.4 Å². The van der Waals surface area contributed by atoms with Gasteiger partial charge in [-0.05, 0) is 36.6 Å². The van der Waals surface area contributed by atoms with E-state index in [1.54, 1.807) is 11.3 Å². The lowest BCUT2D eigenvalue weighted by Gasteiger charge is -2.08. The molecule has 0 aliphatic heterocycles. The van der Waals surface area contributed by atoms with E-state index in [4.69, 9.17) is 5.11 Å². The highest BCUT2D eigenvalue weighted by molar-refractivity contribution is 7.09. The van der Waals surface area contributed by atoms with Gasteiger partial charge in [0.25, 0.3) is 0 Å². The Bertz CT molecular complexity index is 311. The molecular weight excluding hydrogens is 234 g/mol. The topological polar surface area (TPSA) is 49.3 Å². The molecule has 0 aliphatic carbocycles. The lowest BCUT2D eigenvalue weighted by atomic mass is 10.1. The predicted molar refractivity (Wildman–Crippen MR) is 71.1 cm³/mol. The third-order valence-corrected chi connectivity index (χ3v) is 3.62. The molecule has 0 bridgehead atoms. The molecule has 0 spiro atoms. The van der Waals surface area contributed by atoms with Crippen LogP contribution in [0.5, 0.6) is 0 Å². The van der Waals surface area contributed by atoms with Gasteiger partial charge in [-0.25, -0.2) is 0 Å². The second-order valence-electron chi connectivity index (χ2n) is 4.36. The molecule has 0 radical (unpaired) electrons. The molecule has 1 aromatic heterocycles. The Hall–Kier alpha value is -0.870. The first-order valence-electron chi connectivity index (χ1n) is 6.12. The van der Waals surface area contributed by atoms with Crippen LogP contribution in [0.15, 0.2) is 17.5 Å². The van der Waals surface area contributed by atoms with Gasteiger partial charge in [-0.15, -0.1) is 11.3 Å². The molecule has 1 aromatic rings. The van der Waals surface area contributed by atoms with Crippen molar-refractivity contribution in [3.63, 3.8) is 0 Å². The lowest BCUT2D eigenvalue weighted by molar-refractivity contribution is -0.121. The van der Waals surface area contributed by atoms with Crippen molar-refractivity contribution in [3.8, 4) is 0 Å². The number of amides is 1. The molecule has 1 rings (SSSR count). The molecule has 0 aliphatic rings. The summed E-state index contributed by atoms with van der Waals surface area (Å²) in [6, 6.07) is 4.06. The van der Waals surface area contributed by atoms with Gasteiger partial charge >= 0.3 is 0 Å². The van der Waals surface area contributed by atoms with Gasteiger partial charge in [-0.3, -0.25) is 4.79 Å². The zero-order chi connectivity index (χ0) is 12.5. The largest absolute Gasteiger partial charge is 0.396 e. The molecule has 96 valence electrons. The normalized spacial score (nSPS) is 12.4. The third-order valence-electron chi connectivity index (χ3n) is 2.69. The van der Waals surface area contributed by atoms with Gasteiger partial charge in [-0.1, -0.05) is 13.0 Å². The zero-order valence-corrected chi connectivity index (χ0v) is 11.1. The average Bonchev–Trinajstić information content (AvgIpc) is 2.84. The van der Waals surface area contributed by atoms with Crippen molar-refractivity contribution < 1.29 is 9.90 Å². The highest BCUT2D eigenvalue weighted by Gasteiger charge is 2.03. The number of aliphatic hydroxyl groups excluding tert-OH is 1. The lowest BCUT2D eigenvalue weighted by Crippen LogP contribution is -2.25. The van der Waals surface area contributed by atoms with Gasteiger partial charge in [0.1, 0.15) is 0 Å². The number of nitrogens with one attached hydrogen (secondary N) is 1. The van der Waals surface area contributed by atoms with Crippen LogP contribution in [0.4, 0.5) is 0 Å². The molecule has 4 heteroatoms. The Morgan fingerprint density at radius 1 is 1.59 bits per heavy atom. The summed E-state index contributed by atoms with van der Waals surface area (Å²) in [6.45, 7) is 2.96. The predicted octanol–water partition coefficient (Wildman–Crippen LogP) is 2.21. The Kier molecular flexibility index (Phi) is 6.89. The molecular formula is C13H21NO2S. The maximum absolute atomic E-state index is 11.5. The fraction of sp³-hybridized carbons (Fsp3) is 0.615. The minimum atomic E-state index is 0.120. The van der Waals surface area contributed by atoms with Crippen molar-refractivity contribution in [2.24, 2.45) is 5.92 Å². The van der Waals surface area contributed by atoms with E-state index in [9.17, 15) is 4.79 Å². The molecule has 17 heavy (non-hydrogen) atoms. The first kappa shape index (κ1) is 14.2. The highest BCUT2D eigenvalue weighted by atomic mass is 32.1. The number of aryl methyl sites for hydroxylation is 1. The molecule has 1 unspecified atom stereocenters. The van der Waals surface area contributed by atoms with Gasteiger partial charge in [0.2, 0.25) is 5.91 Å². The van der Waals surface area contributed by atoms with E-state index >= 15 is 0 Å². The van der Waals surface area contributed by atoms with Crippen molar-refractivity contribution in [2.45, 2.75) is 32.6 Å². The number of aliphatic hydroxyl groups is 1. The number of hydrogen-bond donors (Lipinski definition) is 2. The fourth-order valence-electron chi connectivity index (χ4n) is 1.55. The number of carbonyl (C=O) groups is 1. The quantitative estimate of drug-likeness (QED) is 0.700. The highest BCUT2D eigenvalue weighted by Crippen LogP contribution is 2.10. The van der Waals surface area contributed by atoms with Crippen LogP contribution in [0.25, 0.3) is 0 Å². The summed E-state index contributed by atoms with van der Waals surface area (Å²) in [5, 5.41) is 13.8. The van der Waals surface area contributed by atoms with Crippen LogP contribution in [0.3, 0.4) is 0 Å². The molecule has 3 nitrogen and oxygen atoms in total. The summed E-state index contributed by atoms with van der Waals surface area (Å²) < 4.78 is 0. The van der Waals surface area contributed by atoms with Crippen molar-refractivity contribution in [3.05, 3.63) is 22.4 Å². The number of carbonyl (C=O) groups excluding carboxylic acids is 1. The average molecular weight is 255 g/mol. The molecule has 0 fully saturated rings. The van der Waals surface area contributed by atoms with Gasteiger partial charge < -0.3 is 10.4 Å². The van der Waals surface area contributed by atoms with Gasteiger partial charge in [0.15, 0.2) is 0 Å². The summed E-state index contributed by atoms with van der Waals surface area (Å²) >= 11 is 1.69. The summed E-state index contributed by atoms with van der Waals surface area (Å²) in [5.74, 6) is 0.452. The standard InChI is InChI=1S/C13H21NO2S/c1-11(10-15)4-2-8-14-13(16)7-6-12-5-3-9-17-12/h3,5,9,11,15H,2,4,6-8,10H2,1H3,(H,14,16). The minimum absolute atomic E-state index is 0.120. The monoisotopic (exact) mass is 255 g/mol. The second-order valence-corrected chi connectivity index (χ2v) is 5.39. The maximum atomic E-state index is 11.5. The van der Waals surface area contributed by atoms with Gasteiger partial charge in [0.05, 0.1) is 0 Å². The van der Waals surface area contributed by atoms with Crippen LogP contribution in [0.2, 0.25) is 0 Å². The second kappa shape index (κ2) is 8.25. The van der Waals surface area contributed by atoms with E-state index in [0.29, 0.717) is 18.9 Å². The van der Waals surface area contributed by atoms with E-state index < -0.39 is 0 Å². The van der Waals surface area contributed by atoms with Crippen molar-refractivity contribution in [1.82, 2.24) is 5.32 Å². The van der Waals surface area contributed by atoms with Crippen LogP contribution >= 0.6 is 11.3 Å². The van der Waals surface area contributed by atoms with E-state index in [-0.39, 0.29) is 12.5 Å². The molecule has 1 heterocycles. The molecule has 0 saturated heterocycles. The third kappa shape index (κ3) is 6.44. The maximum Gasteiger partial charge on any atom is 0.220 e. The SMILES string of the molecule is CC(CO)CCCNC(=O)CCc1cccs1. The first-order chi connectivity index (χ1) is 8.22. The Balaban J connectivity index is 2.02. The van der Waals surface area contributed by atoms with Crippen LogP contribution in [0, 0.1) is 5.92 Å². The van der Waals surface area contributed by atoms with Crippen molar-refractivity contribution >= 4 is 17.2 Å². The number of hydrogen-bond acceptors (Lipinski definition) is 3. The Morgan fingerprint density at radius 2 is 2.41 bits per heavy atom. The summed E-state index contributed by atoms with van der Waals surface area (Å²) in [5.41, 5.74) is 0. The van der Waals surface area contributed by atoms with E-state index in [0.717, 1.165) is 19.3 Å². The van der Waals surface area contributed by atoms with Crippen LogP contribution in [0.1, 0.15) is 31.1 Å². The minimum Gasteiger partial charge on any atom is -0.396 e. The van der Waals surface area contributed by atoms with Crippen LogP contribution < -0.4 is 5.32 Å². The number of thiophene rings is 1. The summed E-state index contributed by atoms with van der Waals surface area (Å²) in [4.78, 5) is 12.8. The molecule has 1 atom stereocenters. The Morgan fingerprint density at radius 3 is 3.06 bits per heavy atom. The van der Waals surface area contributed by atoms with Crippen LogP contribution in [-0.4, -0.2) is 24.2 Å². The smallest absolute Gasteiger partial charge is 0.220 e. The molecule has 2 N–H and O–H groups in total. The fourth-order valence-corrected chi connectivity index (χ4v) is 2.26. The molecule has 1 amide bonds. The van der Waals surface area contributed by atoms with Crippen LogP contribution in [-0.2, 0) is 11.2 Å². The molecule has 0 aromatic carbocycles. The Labute approximate surface area is 107 Å². The van der Waals surface area contributed by atoms with Crippen molar-refractivity contribution in [2.75, 3.05) is 13.2 Å². The van der Waals surface area contributed by atoms with Gasteiger partial charge in [-0.2, -0.15) is 0 Å². The number of rotatable bonds is 8. The summed E-state index contributed by atoms with van der Waals surface area (Å²) in [7, 11) is 0. The van der Waals surface area contributed by atoms with E-state index in [2.05, 4.69) is 11.4 Å².